The van der Waals surface area contributed by atoms with Crippen LogP contribution in [0, 0.1) is 0 Å². The summed E-state index contributed by atoms with van der Waals surface area (Å²) in [5.41, 5.74) is 2.53. The Morgan fingerprint density at radius 2 is 2.28 bits per heavy atom. The van der Waals surface area contributed by atoms with Gasteiger partial charge in [0.25, 0.3) is 0 Å². The smallest absolute Gasteiger partial charge is 0.337 e. The molecule has 0 atom stereocenters. The van der Waals surface area contributed by atoms with Gasteiger partial charge in [0.05, 0.1) is 12.7 Å². The van der Waals surface area contributed by atoms with Crippen molar-refractivity contribution in [2.24, 2.45) is 0 Å². The number of ether oxygens (including phenoxy) is 2. The van der Waals surface area contributed by atoms with Crippen LogP contribution in [0.2, 0.25) is 0 Å². The molecule has 2 rings (SSSR count). The minimum atomic E-state index is -0.343. The van der Waals surface area contributed by atoms with E-state index in [1.165, 1.54) is 7.11 Å². The number of carbonyl (C=O) groups is 1. The van der Waals surface area contributed by atoms with Crippen LogP contribution in [0.15, 0.2) is 24.3 Å². The van der Waals surface area contributed by atoms with Crippen LogP contribution in [0.3, 0.4) is 0 Å². The Kier molecular flexibility index (Phi) is 3.99. The zero-order valence-electron chi connectivity index (χ0n) is 10.3. The van der Waals surface area contributed by atoms with Crippen LogP contribution in [0.5, 0.6) is 0 Å². The summed E-state index contributed by atoms with van der Waals surface area (Å²) in [4.78, 5) is 11.5. The van der Waals surface area contributed by atoms with E-state index in [-0.39, 0.29) is 12.8 Å². The molecule has 0 bridgehead atoms. The molecular formula is C14H16O4. The Bertz CT molecular complexity index is 477. The molecule has 0 heterocycles. The number of benzene rings is 1. The Labute approximate surface area is 106 Å². The first-order chi connectivity index (χ1) is 8.76. The molecule has 0 fully saturated rings. The fourth-order valence-electron chi connectivity index (χ4n) is 2.13. The van der Waals surface area contributed by atoms with Gasteiger partial charge in [-0.15, -0.1) is 0 Å². The van der Waals surface area contributed by atoms with Crippen LogP contribution in [-0.4, -0.2) is 25.0 Å². The number of fused-ring (bicyclic) bond motifs is 1. The van der Waals surface area contributed by atoms with Crippen LogP contribution >= 0.6 is 0 Å². The summed E-state index contributed by atoms with van der Waals surface area (Å²) in [5.74, 6) is 0.345. The van der Waals surface area contributed by atoms with Crippen LogP contribution < -0.4 is 0 Å². The molecule has 0 radical (unpaired) electrons. The number of hydrogen-bond donors (Lipinski definition) is 1. The molecule has 0 saturated carbocycles. The fourth-order valence-corrected chi connectivity index (χ4v) is 2.13. The first-order valence-corrected chi connectivity index (χ1v) is 5.91. The molecule has 0 aromatic heterocycles. The molecule has 0 spiro atoms. The lowest BCUT2D eigenvalue weighted by Crippen LogP contribution is -2.04. The summed E-state index contributed by atoms with van der Waals surface area (Å²) in [7, 11) is 1.37. The summed E-state index contributed by atoms with van der Waals surface area (Å²) in [6.07, 6.45) is 4.75. The fraction of sp³-hybridized carbons (Fsp3) is 0.357. The molecule has 1 aliphatic rings. The van der Waals surface area contributed by atoms with E-state index in [4.69, 9.17) is 14.6 Å². The van der Waals surface area contributed by atoms with Gasteiger partial charge in [-0.05, 0) is 43.0 Å². The van der Waals surface area contributed by atoms with Crippen molar-refractivity contribution in [2.75, 3.05) is 13.9 Å². The molecule has 1 aliphatic carbocycles. The number of allylic oxidation sites excluding steroid dienone is 1. The van der Waals surface area contributed by atoms with Gasteiger partial charge < -0.3 is 14.6 Å². The van der Waals surface area contributed by atoms with Crippen molar-refractivity contribution in [2.45, 2.75) is 19.3 Å². The minimum absolute atomic E-state index is 0.337. The number of hydrogen-bond acceptors (Lipinski definition) is 4. The molecular weight excluding hydrogens is 232 g/mol. The summed E-state index contributed by atoms with van der Waals surface area (Å²) < 4.78 is 9.92. The molecule has 0 aliphatic heterocycles. The van der Waals surface area contributed by atoms with Gasteiger partial charge in [-0.3, -0.25) is 0 Å². The summed E-state index contributed by atoms with van der Waals surface area (Å²) in [5, 5.41) is 8.88. The number of aliphatic hydroxyl groups excluding tert-OH is 1. The van der Waals surface area contributed by atoms with Gasteiger partial charge in [-0.1, -0.05) is 6.07 Å². The lowest BCUT2D eigenvalue weighted by atomic mass is 10.0. The second kappa shape index (κ2) is 5.69. The average molecular weight is 248 g/mol. The average Bonchev–Trinajstić information content (AvgIpc) is 2.60. The van der Waals surface area contributed by atoms with Crippen molar-refractivity contribution >= 4 is 11.7 Å². The monoisotopic (exact) mass is 248 g/mol. The summed E-state index contributed by atoms with van der Waals surface area (Å²) in [6, 6.07) is 5.39. The number of carbonyl (C=O) groups excluding carboxylic acids is 1. The maximum atomic E-state index is 11.5. The number of aryl methyl sites for hydroxylation is 1. The predicted molar refractivity (Wildman–Crippen MR) is 66.9 cm³/mol. The Morgan fingerprint density at radius 3 is 3.00 bits per heavy atom. The van der Waals surface area contributed by atoms with Crippen LogP contribution in [0.1, 0.15) is 34.3 Å². The summed E-state index contributed by atoms with van der Waals surface area (Å²) >= 11 is 0. The van der Waals surface area contributed by atoms with Gasteiger partial charge in [0.2, 0.25) is 0 Å². The summed E-state index contributed by atoms with van der Waals surface area (Å²) in [6.45, 7) is -0.343. The standard InChI is InChI=1S/C14H16O4/c1-17-14(16)11-6-7-12-10(8-11)4-2-3-5-13(12)18-9-15/h5-8,15H,2-4,9H2,1H3. The van der Waals surface area contributed by atoms with E-state index in [1.807, 2.05) is 18.2 Å². The van der Waals surface area contributed by atoms with Crippen LogP contribution in [0.4, 0.5) is 0 Å². The lowest BCUT2D eigenvalue weighted by Gasteiger charge is -2.12. The van der Waals surface area contributed by atoms with Gasteiger partial charge in [0.15, 0.2) is 6.79 Å². The highest BCUT2D eigenvalue weighted by Crippen LogP contribution is 2.27. The third kappa shape index (κ3) is 2.54. The van der Waals surface area contributed by atoms with Crippen molar-refractivity contribution in [1.82, 2.24) is 0 Å². The number of rotatable bonds is 3. The van der Waals surface area contributed by atoms with Crippen LogP contribution in [0.25, 0.3) is 5.76 Å². The van der Waals surface area contributed by atoms with Gasteiger partial charge in [-0.25, -0.2) is 4.79 Å². The van der Waals surface area contributed by atoms with E-state index in [1.54, 1.807) is 6.07 Å². The zero-order valence-corrected chi connectivity index (χ0v) is 10.3. The van der Waals surface area contributed by atoms with E-state index in [0.29, 0.717) is 11.3 Å². The van der Waals surface area contributed by atoms with Crippen molar-refractivity contribution in [3.8, 4) is 0 Å². The van der Waals surface area contributed by atoms with E-state index < -0.39 is 0 Å². The maximum absolute atomic E-state index is 11.5. The van der Waals surface area contributed by atoms with Gasteiger partial charge >= 0.3 is 5.97 Å². The SMILES string of the molecule is COC(=O)c1ccc2c(c1)CCCC=C2OCO. The molecule has 1 aromatic carbocycles. The van der Waals surface area contributed by atoms with Gasteiger partial charge in [0.1, 0.15) is 5.76 Å². The van der Waals surface area contributed by atoms with Crippen molar-refractivity contribution in [3.63, 3.8) is 0 Å². The molecule has 96 valence electrons. The van der Waals surface area contributed by atoms with Crippen molar-refractivity contribution < 1.29 is 19.4 Å². The first kappa shape index (κ1) is 12.6. The highest BCUT2D eigenvalue weighted by molar-refractivity contribution is 5.90. The molecule has 4 heteroatoms. The molecule has 0 amide bonds. The highest BCUT2D eigenvalue weighted by Gasteiger charge is 2.15. The minimum Gasteiger partial charge on any atom is -0.467 e. The predicted octanol–water partition coefficient (Wildman–Crippen LogP) is 2.12. The normalized spacial score (nSPS) is 14.2. The zero-order chi connectivity index (χ0) is 13.0. The van der Waals surface area contributed by atoms with Gasteiger partial charge in [-0.2, -0.15) is 0 Å². The second-order valence-electron chi connectivity index (χ2n) is 4.10. The topological polar surface area (TPSA) is 55.8 Å². The number of esters is 1. The molecule has 0 unspecified atom stereocenters. The van der Waals surface area contributed by atoms with E-state index >= 15 is 0 Å². The highest BCUT2D eigenvalue weighted by atomic mass is 16.6. The number of aliphatic hydroxyl groups is 1. The quantitative estimate of drug-likeness (QED) is 0.657. The van der Waals surface area contributed by atoms with Crippen LogP contribution in [-0.2, 0) is 15.9 Å². The third-order valence-electron chi connectivity index (χ3n) is 2.99. The second-order valence-corrected chi connectivity index (χ2v) is 4.10. The van der Waals surface area contributed by atoms with Crippen molar-refractivity contribution in [1.29, 1.82) is 0 Å². The van der Waals surface area contributed by atoms with Gasteiger partial charge in [0, 0.05) is 5.56 Å². The van der Waals surface area contributed by atoms with E-state index in [9.17, 15) is 4.79 Å². The largest absolute Gasteiger partial charge is 0.467 e. The molecule has 1 N–H and O–H groups in total. The molecule has 1 aromatic rings. The number of methoxy groups -OCH3 is 1. The molecule has 0 saturated heterocycles. The Hall–Kier alpha value is -1.81. The molecule has 18 heavy (non-hydrogen) atoms. The third-order valence-corrected chi connectivity index (χ3v) is 2.99. The Balaban J connectivity index is 2.38. The van der Waals surface area contributed by atoms with E-state index in [2.05, 4.69) is 0 Å². The van der Waals surface area contributed by atoms with E-state index in [0.717, 1.165) is 30.4 Å². The Morgan fingerprint density at radius 1 is 1.44 bits per heavy atom. The van der Waals surface area contributed by atoms with Crippen molar-refractivity contribution in [3.05, 3.63) is 41.0 Å². The first-order valence-electron chi connectivity index (χ1n) is 5.91. The molecule has 4 nitrogen and oxygen atoms in total. The maximum Gasteiger partial charge on any atom is 0.337 e. The lowest BCUT2D eigenvalue weighted by molar-refractivity contribution is 0.0600.